The van der Waals surface area contributed by atoms with Crippen LogP contribution >= 0.6 is 0 Å². The summed E-state index contributed by atoms with van der Waals surface area (Å²) in [4.78, 5) is 12.3. The van der Waals surface area contributed by atoms with Crippen LogP contribution in [0.25, 0.3) is 0 Å². The highest BCUT2D eigenvalue weighted by Gasteiger charge is 2.19. The lowest BCUT2D eigenvalue weighted by atomic mass is 9.86. The molecule has 0 aliphatic carbocycles. The second-order valence-corrected chi connectivity index (χ2v) is 7.68. The predicted octanol–water partition coefficient (Wildman–Crippen LogP) is 4.86. The lowest BCUT2D eigenvalue weighted by Crippen LogP contribution is -2.32. The topological polar surface area (TPSA) is 38.3 Å². The van der Waals surface area contributed by atoms with Gasteiger partial charge in [-0.15, -0.1) is 0 Å². The van der Waals surface area contributed by atoms with Crippen LogP contribution in [0.2, 0.25) is 0 Å². The number of hydrogen-bond acceptors (Lipinski definition) is 2. The zero-order valence-electron chi connectivity index (χ0n) is 16.1. The second-order valence-electron chi connectivity index (χ2n) is 7.68. The summed E-state index contributed by atoms with van der Waals surface area (Å²) in [5.74, 6) is 0.654. The number of hydrogen-bond donors (Lipinski definition) is 1. The van der Waals surface area contributed by atoms with Gasteiger partial charge >= 0.3 is 0 Å². The molecule has 134 valence electrons. The summed E-state index contributed by atoms with van der Waals surface area (Å²) in [5, 5.41) is 3.03. The van der Waals surface area contributed by atoms with Crippen LogP contribution in [0.15, 0.2) is 42.5 Å². The Kier molecular flexibility index (Phi) is 5.89. The van der Waals surface area contributed by atoms with E-state index >= 15 is 0 Å². The van der Waals surface area contributed by atoms with Crippen LogP contribution in [0.4, 0.5) is 0 Å². The van der Waals surface area contributed by atoms with E-state index < -0.39 is 0 Å². The Bertz CT molecular complexity index is 744. The van der Waals surface area contributed by atoms with Crippen LogP contribution < -0.4 is 10.1 Å². The van der Waals surface area contributed by atoms with Crippen molar-refractivity contribution in [3.8, 4) is 5.75 Å². The van der Waals surface area contributed by atoms with Crippen molar-refractivity contribution in [3.63, 3.8) is 0 Å². The minimum atomic E-state index is -0.114. The molecule has 0 aromatic heterocycles. The second kappa shape index (κ2) is 7.73. The number of nitrogens with one attached hydrogen (secondary N) is 1. The summed E-state index contributed by atoms with van der Waals surface area (Å²) in [6.07, 6.45) is 0. The highest BCUT2D eigenvalue weighted by atomic mass is 16.5. The standard InChI is InChI=1S/C22H29NO2/c1-15-11-12-16(2)18(13-15)17(3)23-21(24)14-25-20-10-8-7-9-19(20)22(4,5)6/h7-13,17H,14H2,1-6H3,(H,23,24)/t17-/m1/s1. The Labute approximate surface area is 151 Å². The number of para-hydroxylation sites is 1. The fraction of sp³-hybridized carbons (Fsp3) is 0.409. The maximum Gasteiger partial charge on any atom is 0.258 e. The molecule has 3 heteroatoms. The fourth-order valence-corrected chi connectivity index (χ4v) is 2.94. The summed E-state index contributed by atoms with van der Waals surface area (Å²) in [6.45, 7) is 12.6. The van der Waals surface area contributed by atoms with Gasteiger partial charge in [0.05, 0.1) is 6.04 Å². The SMILES string of the molecule is Cc1ccc(C)c([C@@H](C)NC(=O)COc2ccccc2C(C)(C)C)c1. The molecular formula is C22H29NO2. The zero-order valence-corrected chi connectivity index (χ0v) is 16.1. The number of aryl methyl sites for hydroxylation is 2. The molecule has 3 nitrogen and oxygen atoms in total. The monoisotopic (exact) mass is 339 g/mol. The van der Waals surface area contributed by atoms with Crippen molar-refractivity contribution in [3.05, 3.63) is 64.7 Å². The van der Waals surface area contributed by atoms with Gasteiger partial charge in [0.25, 0.3) is 5.91 Å². The Morgan fingerprint density at radius 2 is 1.80 bits per heavy atom. The van der Waals surface area contributed by atoms with Crippen molar-refractivity contribution in [1.82, 2.24) is 5.32 Å². The first-order valence-electron chi connectivity index (χ1n) is 8.77. The molecule has 0 aliphatic heterocycles. The highest BCUT2D eigenvalue weighted by molar-refractivity contribution is 5.78. The molecule has 0 unspecified atom stereocenters. The molecular weight excluding hydrogens is 310 g/mol. The minimum absolute atomic E-state index is 0.0162. The molecule has 0 fully saturated rings. The van der Waals surface area contributed by atoms with Gasteiger partial charge in [-0.3, -0.25) is 4.79 Å². The summed E-state index contributed by atoms with van der Waals surface area (Å²) in [7, 11) is 0. The van der Waals surface area contributed by atoms with E-state index in [1.54, 1.807) is 0 Å². The van der Waals surface area contributed by atoms with E-state index in [-0.39, 0.29) is 24.0 Å². The normalized spacial score (nSPS) is 12.6. The quantitative estimate of drug-likeness (QED) is 0.845. The van der Waals surface area contributed by atoms with Crippen LogP contribution in [0, 0.1) is 13.8 Å². The molecule has 2 rings (SSSR count). The lowest BCUT2D eigenvalue weighted by molar-refractivity contribution is -0.123. The van der Waals surface area contributed by atoms with Crippen LogP contribution in [0.3, 0.4) is 0 Å². The summed E-state index contributed by atoms with van der Waals surface area (Å²) in [5.41, 5.74) is 4.59. The number of carbonyl (C=O) groups is 1. The maximum absolute atomic E-state index is 12.3. The van der Waals surface area contributed by atoms with Crippen molar-refractivity contribution < 1.29 is 9.53 Å². The number of benzene rings is 2. The van der Waals surface area contributed by atoms with E-state index in [0.29, 0.717) is 0 Å². The molecule has 1 N–H and O–H groups in total. The van der Waals surface area contributed by atoms with Gasteiger partial charge in [-0.2, -0.15) is 0 Å². The van der Waals surface area contributed by atoms with E-state index in [1.165, 1.54) is 11.1 Å². The summed E-state index contributed by atoms with van der Waals surface area (Å²) >= 11 is 0. The lowest BCUT2D eigenvalue weighted by Gasteiger charge is -2.23. The van der Waals surface area contributed by atoms with Gasteiger partial charge in [-0.05, 0) is 48.9 Å². The Balaban J connectivity index is 2.01. The zero-order chi connectivity index (χ0) is 18.6. The number of amides is 1. The third-order valence-electron chi connectivity index (χ3n) is 4.33. The number of ether oxygens (including phenoxy) is 1. The molecule has 0 saturated heterocycles. The van der Waals surface area contributed by atoms with Crippen LogP contribution in [0.5, 0.6) is 5.75 Å². The van der Waals surface area contributed by atoms with E-state index in [0.717, 1.165) is 16.9 Å². The highest BCUT2D eigenvalue weighted by Crippen LogP contribution is 2.30. The van der Waals surface area contributed by atoms with Crippen LogP contribution in [-0.2, 0) is 10.2 Å². The minimum Gasteiger partial charge on any atom is -0.483 e. The van der Waals surface area contributed by atoms with Gasteiger partial charge in [-0.25, -0.2) is 0 Å². The molecule has 0 radical (unpaired) electrons. The Morgan fingerprint density at radius 3 is 2.48 bits per heavy atom. The molecule has 1 atom stereocenters. The van der Waals surface area contributed by atoms with Crippen molar-refractivity contribution in [2.75, 3.05) is 6.61 Å². The largest absolute Gasteiger partial charge is 0.483 e. The molecule has 0 aliphatic rings. The van der Waals surface area contributed by atoms with E-state index in [4.69, 9.17) is 4.74 Å². The van der Waals surface area contributed by atoms with Crippen LogP contribution in [-0.4, -0.2) is 12.5 Å². The molecule has 0 saturated carbocycles. The van der Waals surface area contributed by atoms with Gasteiger partial charge in [0.15, 0.2) is 6.61 Å². The van der Waals surface area contributed by atoms with E-state index in [2.05, 4.69) is 58.1 Å². The first-order chi connectivity index (χ1) is 11.7. The van der Waals surface area contributed by atoms with Gasteiger partial charge < -0.3 is 10.1 Å². The van der Waals surface area contributed by atoms with Crippen LogP contribution in [0.1, 0.15) is 56.0 Å². The Morgan fingerprint density at radius 1 is 1.12 bits per heavy atom. The van der Waals surface area contributed by atoms with Gasteiger partial charge in [0.1, 0.15) is 5.75 Å². The van der Waals surface area contributed by atoms with Gasteiger partial charge in [0, 0.05) is 0 Å². The molecule has 0 heterocycles. The average Bonchev–Trinajstić information content (AvgIpc) is 2.54. The molecule has 1 amide bonds. The van der Waals surface area contributed by atoms with E-state index in [1.807, 2.05) is 31.2 Å². The maximum atomic E-state index is 12.3. The first kappa shape index (κ1) is 19.0. The van der Waals surface area contributed by atoms with Crippen molar-refractivity contribution in [1.29, 1.82) is 0 Å². The number of rotatable bonds is 5. The molecule has 25 heavy (non-hydrogen) atoms. The van der Waals surface area contributed by atoms with Crippen molar-refractivity contribution in [2.24, 2.45) is 0 Å². The third kappa shape index (κ3) is 5.09. The van der Waals surface area contributed by atoms with Crippen molar-refractivity contribution in [2.45, 2.75) is 53.0 Å². The van der Waals surface area contributed by atoms with Gasteiger partial charge in [0.2, 0.25) is 0 Å². The fourth-order valence-electron chi connectivity index (χ4n) is 2.94. The predicted molar refractivity (Wildman–Crippen MR) is 103 cm³/mol. The first-order valence-corrected chi connectivity index (χ1v) is 8.77. The molecule has 0 bridgehead atoms. The number of carbonyl (C=O) groups excluding carboxylic acids is 1. The van der Waals surface area contributed by atoms with Crippen molar-refractivity contribution >= 4 is 5.91 Å². The molecule has 2 aromatic carbocycles. The smallest absolute Gasteiger partial charge is 0.258 e. The average molecular weight is 339 g/mol. The molecule has 0 spiro atoms. The summed E-state index contributed by atoms with van der Waals surface area (Å²) in [6, 6.07) is 14.1. The third-order valence-corrected chi connectivity index (χ3v) is 4.33. The van der Waals surface area contributed by atoms with E-state index in [9.17, 15) is 4.79 Å². The molecule has 2 aromatic rings. The van der Waals surface area contributed by atoms with Gasteiger partial charge in [-0.1, -0.05) is 62.7 Å². The Hall–Kier alpha value is -2.29. The summed E-state index contributed by atoms with van der Waals surface area (Å²) < 4.78 is 5.80.